The molecule has 0 atom stereocenters. The number of methoxy groups -OCH3 is 1. The molecule has 2 aromatic rings. The SMILES string of the molecule is COc1cc(/C(F)=C/c2cccc(OS(=O)(=O)C(F)(F)F)c2Cl)ncc1C=O. The van der Waals surface area contributed by atoms with Crippen molar-refractivity contribution < 1.29 is 39.7 Å². The van der Waals surface area contributed by atoms with Crippen molar-refractivity contribution in [2.75, 3.05) is 7.11 Å². The summed E-state index contributed by atoms with van der Waals surface area (Å²) in [6.45, 7) is 0. The van der Waals surface area contributed by atoms with Gasteiger partial charge in [-0.3, -0.25) is 9.78 Å². The fourth-order valence-electron chi connectivity index (χ4n) is 1.92. The van der Waals surface area contributed by atoms with Gasteiger partial charge in [-0.2, -0.15) is 21.6 Å². The molecule has 1 heterocycles. The van der Waals surface area contributed by atoms with Crippen LogP contribution in [0.25, 0.3) is 11.9 Å². The number of hydrogen-bond acceptors (Lipinski definition) is 6. The zero-order valence-corrected chi connectivity index (χ0v) is 15.4. The van der Waals surface area contributed by atoms with Crippen molar-refractivity contribution in [1.82, 2.24) is 4.98 Å². The highest BCUT2D eigenvalue weighted by Crippen LogP contribution is 2.35. The maximum atomic E-state index is 14.5. The first-order chi connectivity index (χ1) is 13.0. The summed E-state index contributed by atoms with van der Waals surface area (Å²) in [6.07, 6.45) is 2.32. The number of carbonyl (C=O) groups is 1. The fraction of sp³-hybridized carbons (Fsp3) is 0.125. The minimum Gasteiger partial charge on any atom is -0.496 e. The summed E-state index contributed by atoms with van der Waals surface area (Å²) in [7, 11) is -4.69. The molecule has 0 saturated carbocycles. The van der Waals surface area contributed by atoms with Crippen molar-refractivity contribution in [3.8, 4) is 11.5 Å². The molecule has 150 valence electrons. The Labute approximate surface area is 161 Å². The molecular weight excluding hydrogens is 430 g/mol. The Bertz CT molecular complexity index is 1040. The third-order valence-electron chi connectivity index (χ3n) is 3.24. The summed E-state index contributed by atoms with van der Waals surface area (Å²) in [5.74, 6) is -1.76. The molecule has 2 rings (SSSR count). The number of pyridine rings is 1. The summed E-state index contributed by atoms with van der Waals surface area (Å²) < 4.78 is 82.9. The lowest BCUT2D eigenvalue weighted by Gasteiger charge is -2.11. The van der Waals surface area contributed by atoms with E-state index >= 15 is 0 Å². The normalized spacial score (nSPS) is 12.6. The van der Waals surface area contributed by atoms with E-state index < -0.39 is 32.2 Å². The zero-order chi connectivity index (χ0) is 21.1. The topological polar surface area (TPSA) is 82.6 Å². The fourth-order valence-corrected chi connectivity index (χ4v) is 2.66. The van der Waals surface area contributed by atoms with Crippen LogP contribution in [0.3, 0.4) is 0 Å². The second-order valence-electron chi connectivity index (χ2n) is 5.06. The van der Waals surface area contributed by atoms with Crippen LogP contribution >= 0.6 is 11.6 Å². The van der Waals surface area contributed by atoms with E-state index in [0.717, 1.165) is 30.5 Å². The van der Waals surface area contributed by atoms with Gasteiger partial charge in [-0.15, -0.1) is 0 Å². The van der Waals surface area contributed by atoms with Crippen LogP contribution in [0, 0.1) is 0 Å². The Kier molecular flexibility index (Phi) is 6.30. The second-order valence-corrected chi connectivity index (χ2v) is 6.98. The highest BCUT2D eigenvalue weighted by Gasteiger charge is 2.48. The Morgan fingerprint density at radius 2 is 1.89 bits per heavy atom. The zero-order valence-electron chi connectivity index (χ0n) is 13.8. The molecule has 1 aromatic carbocycles. The van der Waals surface area contributed by atoms with Gasteiger partial charge in [0.1, 0.15) is 17.3 Å². The molecule has 0 bridgehead atoms. The molecule has 0 aliphatic carbocycles. The monoisotopic (exact) mass is 439 g/mol. The van der Waals surface area contributed by atoms with E-state index in [4.69, 9.17) is 16.3 Å². The van der Waals surface area contributed by atoms with Gasteiger partial charge in [0.2, 0.25) is 0 Å². The van der Waals surface area contributed by atoms with Gasteiger partial charge in [-0.25, -0.2) is 4.39 Å². The molecule has 0 aliphatic heterocycles. The van der Waals surface area contributed by atoms with Crippen molar-refractivity contribution in [3.05, 3.63) is 52.3 Å². The molecule has 1 aromatic heterocycles. The maximum absolute atomic E-state index is 14.5. The van der Waals surface area contributed by atoms with Gasteiger partial charge in [-0.1, -0.05) is 23.7 Å². The van der Waals surface area contributed by atoms with Crippen molar-refractivity contribution in [1.29, 1.82) is 0 Å². The number of alkyl halides is 3. The quantitative estimate of drug-likeness (QED) is 0.289. The van der Waals surface area contributed by atoms with Crippen LogP contribution in [0.1, 0.15) is 21.6 Å². The highest BCUT2D eigenvalue weighted by atomic mass is 35.5. The molecule has 0 N–H and O–H groups in total. The first-order valence-electron chi connectivity index (χ1n) is 7.16. The van der Waals surface area contributed by atoms with E-state index in [2.05, 4.69) is 9.17 Å². The van der Waals surface area contributed by atoms with Crippen molar-refractivity contribution in [2.24, 2.45) is 0 Å². The number of ether oxygens (including phenoxy) is 1. The Hall–Kier alpha value is -2.66. The minimum atomic E-state index is -5.95. The number of aromatic nitrogens is 1. The molecule has 12 heteroatoms. The number of halogens is 5. The standard InChI is InChI=1S/C16H10ClF4NO5S/c1-26-14-6-12(22-7-10(14)8-23)11(18)5-9-3-2-4-13(15(9)17)27-28(24,25)16(19,20)21/h2-8H,1H3/b11-5-. The van der Waals surface area contributed by atoms with Crippen LogP contribution in [0.2, 0.25) is 5.02 Å². The van der Waals surface area contributed by atoms with Gasteiger partial charge in [-0.05, 0) is 17.7 Å². The van der Waals surface area contributed by atoms with Crippen LogP contribution in [-0.2, 0) is 10.1 Å². The van der Waals surface area contributed by atoms with Gasteiger partial charge in [0.15, 0.2) is 12.0 Å². The van der Waals surface area contributed by atoms with Crippen LogP contribution in [0.4, 0.5) is 17.6 Å². The van der Waals surface area contributed by atoms with Crippen LogP contribution in [0.15, 0.2) is 30.5 Å². The molecule has 6 nitrogen and oxygen atoms in total. The molecule has 0 amide bonds. The number of aldehydes is 1. The number of benzene rings is 1. The average Bonchev–Trinajstić information content (AvgIpc) is 2.63. The number of hydrogen-bond donors (Lipinski definition) is 0. The first kappa shape index (κ1) is 21.6. The van der Waals surface area contributed by atoms with E-state index in [1.807, 2.05) is 0 Å². The lowest BCUT2D eigenvalue weighted by atomic mass is 10.1. The molecule has 28 heavy (non-hydrogen) atoms. The van der Waals surface area contributed by atoms with E-state index in [-0.39, 0.29) is 22.6 Å². The van der Waals surface area contributed by atoms with Gasteiger partial charge in [0.25, 0.3) is 0 Å². The number of nitrogens with zero attached hydrogens (tertiary/aromatic N) is 1. The molecule has 0 radical (unpaired) electrons. The second kappa shape index (κ2) is 8.15. The van der Waals surface area contributed by atoms with Crippen LogP contribution in [0.5, 0.6) is 11.5 Å². The molecular formula is C16H10ClF4NO5S. The Balaban J connectivity index is 2.43. The van der Waals surface area contributed by atoms with Crippen LogP contribution in [-0.4, -0.2) is 32.3 Å². The summed E-state index contributed by atoms with van der Waals surface area (Å²) in [5, 5.41) is -0.568. The predicted molar refractivity (Wildman–Crippen MR) is 92.2 cm³/mol. The molecule has 0 spiro atoms. The third kappa shape index (κ3) is 4.60. The van der Waals surface area contributed by atoms with Crippen LogP contribution < -0.4 is 8.92 Å². The van der Waals surface area contributed by atoms with E-state index in [1.165, 1.54) is 13.2 Å². The summed E-state index contributed by atoms with van der Waals surface area (Å²) >= 11 is 5.84. The number of carbonyl (C=O) groups excluding carboxylic acids is 1. The molecule has 0 fully saturated rings. The largest absolute Gasteiger partial charge is 0.534 e. The van der Waals surface area contributed by atoms with Crippen molar-refractivity contribution in [2.45, 2.75) is 5.51 Å². The van der Waals surface area contributed by atoms with E-state index in [0.29, 0.717) is 6.29 Å². The summed E-state index contributed by atoms with van der Waals surface area (Å²) in [4.78, 5) is 14.6. The highest BCUT2D eigenvalue weighted by molar-refractivity contribution is 7.88. The van der Waals surface area contributed by atoms with Gasteiger partial charge < -0.3 is 8.92 Å². The van der Waals surface area contributed by atoms with E-state index in [1.54, 1.807) is 0 Å². The lowest BCUT2D eigenvalue weighted by molar-refractivity contribution is -0.0500. The Morgan fingerprint density at radius 3 is 2.46 bits per heavy atom. The maximum Gasteiger partial charge on any atom is 0.534 e. The minimum absolute atomic E-state index is 0.0444. The smallest absolute Gasteiger partial charge is 0.496 e. The molecule has 0 saturated heterocycles. The van der Waals surface area contributed by atoms with E-state index in [9.17, 15) is 30.8 Å². The number of rotatable bonds is 6. The molecule has 0 unspecified atom stereocenters. The average molecular weight is 440 g/mol. The van der Waals surface area contributed by atoms with Gasteiger partial charge in [0.05, 0.1) is 17.7 Å². The predicted octanol–water partition coefficient (Wildman–Crippen LogP) is 4.25. The first-order valence-corrected chi connectivity index (χ1v) is 8.95. The van der Waals surface area contributed by atoms with Crippen molar-refractivity contribution >= 4 is 39.9 Å². The van der Waals surface area contributed by atoms with Gasteiger partial charge >= 0.3 is 15.6 Å². The summed E-state index contributed by atoms with van der Waals surface area (Å²) in [5.41, 5.74) is -6.01. The lowest BCUT2D eigenvalue weighted by Crippen LogP contribution is -2.28. The third-order valence-corrected chi connectivity index (χ3v) is 4.62. The van der Waals surface area contributed by atoms with Gasteiger partial charge in [0, 0.05) is 12.3 Å². The molecule has 0 aliphatic rings. The summed E-state index contributed by atoms with van der Waals surface area (Å²) in [6, 6.07) is 4.33. The Morgan fingerprint density at radius 1 is 1.21 bits per heavy atom. The van der Waals surface area contributed by atoms with Crippen molar-refractivity contribution in [3.63, 3.8) is 0 Å².